The maximum Gasteiger partial charge on any atom is 0.184 e. The second-order valence-electron chi connectivity index (χ2n) is 4.52. The lowest BCUT2D eigenvalue weighted by atomic mass is 10.0. The van der Waals surface area contributed by atoms with Gasteiger partial charge in [0.2, 0.25) is 0 Å². The third kappa shape index (κ3) is 1.87. The highest BCUT2D eigenvalue weighted by Crippen LogP contribution is 2.17. The van der Waals surface area contributed by atoms with Crippen LogP contribution in [0.25, 0.3) is 11.2 Å². The van der Waals surface area contributed by atoms with Crippen molar-refractivity contribution in [2.45, 2.75) is 18.3 Å². The minimum Gasteiger partial charge on any atom is -0.388 e. The van der Waals surface area contributed by atoms with Gasteiger partial charge in [-0.1, -0.05) is 0 Å². The summed E-state index contributed by atoms with van der Waals surface area (Å²) >= 11 is 0. The first-order chi connectivity index (χ1) is 9.08. The molecule has 9 heteroatoms. The van der Waals surface area contributed by atoms with Crippen LogP contribution in [0.1, 0.15) is 0 Å². The molecule has 0 spiro atoms. The molecule has 2 aromatic heterocycles. The number of nitrogen functional groups attached to an aromatic ring is 1. The Kier molecular flexibility index (Phi) is 2.73. The van der Waals surface area contributed by atoms with Gasteiger partial charge in [0, 0.05) is 0 Å². The van der Waals surface area contributed by atoms with E-state index in [1.54, 1.807) is 9.69 Å². The van der Waals surface area contributed by atoms with Crippen LogP contribution in [0.4, 0.5) is 5.82 Å². The number of nitrogens with two attached hydrogens (primary N) is 1. The number of piperidine rings is 1. The van der Waals surface area contributed by atoms with Gasteiger partial charge in [0.1, 0.15) is 31.0 Å². The Morgan fingerprint density at radius 1 is 1.11 bits per heavy atom. The van der Waals surface area contributed by atoms with Crippen molar-refractivity contribution in [3.63, 3.8) is 0 Å². The zero-order valence-corrected chi connectivity index (χ0v) is 9.96. The van der Waals surface area contributed by atoms with Gasteiger partial charge in [0.05, 0.1) is 13.1 Å². The normalized spacial score (nSPS) is 27.9. The standard InChI is InChI=1S/C10H14N6O3/c11-9-7-10(13-3-12-9)16(4-14-7)15-1-5(17)8(19)6(18)2-15/h3-6,8,17-19H,1-2H2,(H2,11,12,13). The molecule has 2 atom stereocenters. The second kappa shape index (κ2) is 4.30. The summed E-state index contributed by atoms with van der Waals surface area (Å²) in [6.45, 7) is 0.321. The molecule has 1 fully saturated rings. The van der Waals surface area contributed by atoms with Crippen molar-refractivity contribution in [2.75, 3.05) is 23.8 Å². The number of fused-ring (bicyclic) bond motifs is 1. The van der Waals surface area contributed by atoms with Crippen LogP contribution in [-0.2, 0) is 0 Å². The molecule has 2 unspecified atom stereocenters. The summed E-state index contributed by atoms with van der Waals surface area (Å²) in [5, 5.41) is 30.6. The first-order valence-corrected chi connectivity index (χ1v) is 5.81. The van der Waals surface area contributed by atoms with E-state index in [0.29, 0.717) is 11.2 Å². The number of hydrogen-bond acceptors (Lipinski definition) is 8. The number of rotatable bonds is 1. The molecule has 3 rings (SSSR count). The highest BCUT2D eigenvalue weighted by atomic mass is 16.4. The first kappa shape index (κ1) is 12.1. The zero-order valence-electron chi connectivity index (χ0n) is 9.96. The molecule has 0 saturated carbocycles. The molecule has 102 valence electrons. The zero-order chi connectivity index (χ0) is 13.6. The molecule has 19 heavy (non-hydrogen) atoms. The Hall–Kier alpha value is -1.97. The topological polar surface area (TPSA) is 134 Å². The van der Waals surface area contributed by atoms with E-state index < -0.39 is 18.3 Å². The Balaban J connectivity index is 1.99. The second-order valence-corrected chi connectivity index (χ2v) is 4.52. The minimum atomic E-state index is -1.15. The van der Waals surface area contributed by atoms with Crippen LogP contribution in [0.5, 0.6) is 0 Å². The van der Waals surface area contributed by atoms with E-state index in [1.165, 1.54) is 12.7 Å². The van der Waals surface area contributed by atoms with Gasteiger partial charge in [0.15, 0.2) is 17.0 Å². The number of anilines is 1. The minimum absolute atomic E-state index is 0.160. The highest BCUT2D eigenvalue weighted by Gasteiger charge is 2.34. The van der Waals surface area contributed by atoms with Gasteiger partial charge in [0.25, 0.3) is 0 Å². The van der Waals surface area contributed by atoms with Gasteiger partial charge >= 0.3 is 0 Å². The van der Waals surface area contributed by atoms with Crippen molar-refractivity contribution in [1.29, 1.82) is 0 Å². The molecule has 9 nitrogen and oxygen atoms in total. The van der Waals surface area contributed by atoms with Crippen molar-refractivity contribution in [2.24, 2.45) is 0 Å². The Bertz CT molecular complexity index is 590. The van der Waals surface area contributed by atoms with Crippen LogP contribution in [0, 0.1) is 0 Å². The summed E-state index contributed by atoms with van der Waals surface area (Å²) in [6, 6.07) is 0. The molecule has 5 N–H and O–H groups in total. The van der Waals surface area contributed by atoms with E-state index in [2.05, 4.69) is 15.0 Å². The van der Waals surface area contributed by atoms with Gasteiger partial charge in [-0.3, -0.25) is 0 Å². The summed E-state index contributed by atoms with van der Waals surface area (Å²) in [7, 11) is 0. The quantitative estimate of drug-likeness (QED) is 0.443. The molecule has 1 aliphatic heterocycles. The van der Waals surface area contributed by atoms with Gasteiger partial charge < -0.3 is 26.1 Å². The predicted molar refractivity (Wildman–Crippen MR) is 65.7 cm³/mol. The van der Waals surface area contributed by atoms with Crippen LogP contribution < -0.4 is 10.7 Å². The fourth-order valence-electron chi connectivity index (χ4n) is 2.20. The number of aliphatic hydroxyl groups excluding tert-OH is 3. The van der Waals surface area contributed by atoms with Crippen LogP contribution in [-0.4, -0.2) is 66.3 Å². The van der Waals surface area contributed by atoms with Crippen LogP contribution in [0.3, 0.4) is 0 Å². The molecule has 1 saturated heterocycles. The lowest BCUT2D eigenvalue weighted by Crippen LogP contribution is -2.58. The number of hydrogen-bond donors (Lipinski definition) is 4. The molecular weight excluding hydrogens is 252 g/mol. The SMILES string of the molecule is Nc1ncnc2c1ncn2N1CC(O)C(O)C(O)C1. The third-order valence-corrected chi connectivity index (χ3v) is 3.23. The fraction of sp³-hybridized carbons (Fsp3) is 0.500. The van der Waals surface area contributed by atoms with Crippen LogP contribution >= 0.6 is 0 Å². The molecule has 2 aromatic rings. The molecule has 0 radical (unpaired) electrons. The lowest BCUT2D eigenvalue weighted by molar-refractivity contribution is -0.0721. The smallest absolute Gasteiger partial charge is 0.184 e. The van der Waals surface area contributed by atoms with E-state index in [0.717, 1.165) is 0 Å². The Morgan fingerprint density at radius 3 is 2.47 bits per heavy atom. The molecule has 0 aliphatic carbocycles. The maximum absolute atomic E-state index is 9.70. The van der Waals surface area contributed by atoms with E-state index in [9.17, 15) is 15.3 Å². The van der Waals surface area contributed by atoms with Crippen molar-refractivity contribution >= 4 is 17.0 Å². The number of aliphatic hydroxyl groups is 3. The van der Waals surface area contributed by atoms with E-state index in [-0.39, 0.29) is 18.9 Å². The highest BCUT2D eigenvalue weighted by molar-refractivity contribution is 5.81. The first-order valence-electron chi connectivity index (χ1n) is 5.81. The molecular formula is C10H14N6O3. The maximum atomic E-state index is 9.70. The number of nitrogens with zero attached hydrogens (tertiary/aromatic N) is 5. The van der Waals surface area contributed by atoms with Gasteiger partial charge in [-0.2, -0.15) is 0 Å². The summed E-state index contributed by atoms with van der Waals surface area (Å²) < 4.78 is 1.59. The molecule has 0 aromatic carbocycles. The van der Waals surface area contributed by atoms with Crippen molar-refractivity contribution in [3.05, 3.63) is 12.7 Å². The van der Waals surface area contributed by atoms with Gasteiger partial charge in [-0.25, -0.2) is 19.6 Å². The third-order valence-electron chi connectivity index (χ3n) is 3.23. The number of imidazole rings is 1. The average molecular weight is 266 g/mol. The van der Waals surface area contributed by atoms with Crippen molar-refractivity contribution in [3.8, 4) is 0 Å². The van der Waals surface area contributed by atoms with Crippen molar-refractivity contribution in [1.82, 2.24) is 19.6 Å². The van der Waals surface area contributed by atoms with Crippen molar-refractivity contribution < 1.29 is 15.3 Å². The average Bonchev–Trinajstić information content (AvgIpc) is 2.80. The monoisotopic (exact) mass is 266 g/mol. The lowest BCUT2D eigenvalue weighted by Gasteiger charge is -2.38. The molecule has 0 amide bonds. The van der Waals surface area contributed by atoms with E-state index in [1.807, 2.05) is 0 Å². The van der Waals surface area contributed by atoms with Crippen LogP contribution in [0.2, 0.25) is 0 Å². The number of aromatic nitrogens is 4. The van der Waals surface area contributed by atoms with Gasteiger partial charge in [-0.05, 0) is 0 Å². The van der Waals surface area contributed by atoms with Crippen LogP contribution in [0.15, 0.2) is 12.7 Å². The summed E-state index contributed by atoms with van der Waals surface area (Å²) in [4.78, 5) is 12.0. The predicted octanol–water partition coefficient (Wildman–Crippen LogP) is -2.56. The molecule has 0 bridgehead atoms. The largest absolute Gasteiger partial charge is 0.388 e. The fourth-order valence-corrected chi connectivity index (χ4v) is 2.20. The van der Waals surface area contributed by atoms with E-state index >= 15 is 0 Å². The number of β-amino-alcohol motifs (C(OH)–C–C–N with tert-alkyl or cyclic N) is 2. The Labute approximate surface area is 107 Å². The van der Waals surface area contributed by atoms with Gasteiger partial charge in [-0.15, -0.1) is 0 Å². The molecule has 1 aliphatic rings. The summed E-state index contributed by atoms with van der Waals surface area (Å²) in [6.07, 6.45) is -0.416. The van der Waals surface area contributed by atoms with E-state index in [4.69, 9.17) is 5.73 Å². The molecule has 3 heterocycles. The summed E-state index contributed by atoms with van der Waals surface area (Å²) in [5.74, 6) is 0.266. The summed E-state index contributed by atoms with van der Waals surface area (Å²) in [5.41, 5.74) is 6.64. The Morgan fingerprint density at radius 2 is 1.79 bits per heavy atom.